The number of benzene rings is 3. The lowest BCUT2D eigenvalue weighted by Gasteiger charge is -2.19. The highest BCUT2D eigenvalue weighted by atomic mass is 35.5. The summed E-state index contributed by atoms with van der Waals surface area (Å²) in [5, 5.41) is 24.5. The molecule has 0 saturated carbocycles. The second kappa shape index (κ2) is 7.19. The molecule has 0 radical (unpaired) electrons. The lowest BCUT2D eigenvalue weighted by Crippen LogP contribution is -2.16. The van der Waals surface area contributed by atoms with Gasteiger partial charge in [-0.3, -0.25) is 0 Å². The van der Waals surface area contributed by atoms with Crippen LogP contribution in [0.4, 0.5) is 0 Å². The largest absolute Gasteiger partial charge is 0.386 e. The summed E-state index contributed by atoms with van der Waals surface area (Å²) in [5.74, 6) is -0.181. The first-order valence-electron chi connectivity index (χ1n) is 9.45. The summed E-state index contributed by atoms with van der Waals surface area (Å²) in [6.07, 6.45) is -0.357. The molecule has 0 amide bonds. The van der Waals surface area contributed by atoms with Gasteiger partial charge in [0.05, 0.1) is 11.6 Å². The first kappa shape index (κ1) is 18.2. The van der Waals surface area contributed by atoms with E-state index in [1.807, 2.05) is 72.8 Å². The van der Waals surface area contributed by atoms with E-state index < -0.39 is 0 Å². The van der Waals surface area contributed by atoms with E-state index in [1.54, 1.807) is 0 Å². The zero-order valence-electron chi connectivity index (χ0n) is 15.7. The number of fused-ring (bicyclic) bond motifs is 5. The Morgan fingerprint density at radius 1 is 0.833 bits per heavy atom. The molecule has 0 N–H and O–H groups in total. The van der Waals surface area contributed by atoms with Crippen LogP contribution in [0.25, 0.3) is 5.57 Å². The van der Waals surface area contributed by atoms with E-state index in [9.17, 15) is 10.5 Å². The van der Waals surface area contributed by atoms with E-state index in [2.05, 4.69) is 17.3 Å². The fraction of sp³-hybridized carbons (Fsp3) is 0.0800. The van der Waals surface area contributed by atoms with E-state index in [0.717, 1.165) is 33.5 Å². The van der Waals surface area contributed by atoms with Crippen molar-refractivity contribution in [2.24, 2.45) is 5.16 Å². The van der Waals surface area contributed by atoms with Crippen LogP contribution in [0.3, 0.4) is 0 Å². The van der Waals surface area contributed by atoms with E-state index >= 15 is 0 Å². The Morgan fingerprint density at radius 2 is 1.43 bits per heavy atom. The first-order chi connectivity index (χ1) is 14.7. The van der Waals surface area contributed by atoms with Crippen LogP contribution in [0.15, 0.2) is 83.5 Å². The number of rotatable bonds is 1. The van der Waals surface area contributed by atoms with Crippen LogP contribution < -0.4 is 0 Å². The summed E-state index contributed by atoms with van der Waals surface area (Å²) in [7, 11) is 0. The van der Waals surface area contributed by atoms with Gasteiger partial charge in [-0.25, -0.2) is 0 Å². The van der Waals surface area contributed by atoms with Gasteiger partial charge in [-0.1, -0.05) is 77.4 Å². The highest BCUT2D eigenvalue weighted by Gasteiger charge is 2.42. The zero-order chi connectivity index (χ0) is 20.7. The normalized spacial score (nSPS) is 18.5. The van der Waals surface area contributed by atoms with Crippen molar-refractivity contribution >= 4 is 22.9 Å². The molecule has 0 aromatic heterocycles. The van der Waals surface area contributed by atoms with Crippen LogP contribution in [-0.2, 0) is 4.84 Å². The molecule has 142 valence electrons. The Balaban J connectivity index is 1.82. The summed E-state index contributed by atoms with van der Waals surface area (Å²) in [6.45, 7) is 0. The van der Waals surface area contributed by atoms with Crippen molar-refractivity contribution < 1.29 is 4.84 Å². The maximum absolute atomic E-state index is 9.68. The summed E-state index contributed by atoms with van der Waals surface area (Å²) < 4.78 is 0. The SMILES string of the molecule is N#CC(C#N)=C1c2ccccc2[C@H]2C(c3ccc(Cl)cc3)=NO[C@H]2c2ccccc21. The van der Waals surface area contributed by atoms with Gasteiger partial charge in [0.15, 0.2) is 6.10 Å². The summed E-state index contributed by atoms with van der Waals surface area (Å²) in [5.41, 5.74) is 6.00. The van der Waals surface area contributed by atoms with Gasteiger partial charge in [-0.2, -0.15) is 10.5 Å². The Kier molecular flexibility index (Phi) is 4.36. The number of halogens is 1. The topological polar surface area (TPSA) is 69.2 Å². The molecule has 0 unspecified atom stereocenters. The number of hydrogen-bond acceptors (Lipinski definition) is 4. The van der Waals surface area contributed by atoms with Gasteiger partial charge in [0.2, 0.25) is 0 Å². The van der Waals surface area contributed by atoms with Gasteiger partial charge in [-0.15, -0.1) is 0 Å². The molecule has 4 nitrogen and oxygen atoms in total. The molecule has 2 atom stereocenters. The van der Waals surface area contributed by atoms with Gasteiger partial charge in [0, 0.05) is 21.7 Å². The molecule has 2 aliphatic rings. The summed E-state index contributed by atoms with van der Waals surface area (Å²) in [6, 6.07) is 27.3. The van der Waals surface area contributed by atoms with Crippen LogP contribution >= 0.6 is 11.6 Å². The maximum atomic E-state index is 9.68. The smallest absolute Gasteiger partial charge is 0.165 e. The number of allylic oxidation sites excluding steroid dienone is 1. The molecule has 3 aromatic rings. The second-order valence-corrected chi connectivity index (χ2v) is 7.57. The lowest BCUT2D eigenvalue weighted by molar-refractivity contribution is 0.0764. The van der Waals surface area contributed by atoms with Crippen LogP contribution in [0, 0.1) is 22.7 Å². The number of nitrogens with zero attached hydrogens (tertiary/aromatic N) is 3. The Hall–Kier alpha value is -3.86. The van der Waals surface area contributed by atoms with Gasteiger partial charge >= 0.3 is 0 Å². The highest BCUT2D eigenvalue weighted by molar-refractivity contribution is 6.30. The minimum absolute atomic E-state index is 0.0832. The minimum atomic E-state index is -0.357. The van der Waals surface area contributed by atoms with E-state index in [-0.39, 0.29) is 17.6 Å². The Labute approximate surface area is 178 Å². The first-order valence-corrected chi connectivity index (χ1v) is 9.83. The highest BCUT2D eigenvalue weighted by Crippen LogP contribution is 2.50. The van der Waals surface area contributed by atoms with Gasteiger partial charge in [0.25, 0.3) is 0 Å². The molecular formula is C25H14ClN3O. The van der Waals surface area contributed by atoms with Crippen LogP contribution in [0.5, 0.6) is 0 Å². The van der Waals surface area contributed by atoms with Crippen LogP contribution in [0.1, 0.15) is 39.8 Å². The van der Waals surface area contributed by atoms with Crippen molar-refractivity contribution in [3.63, 3.8) is 0 Å². The molecule has 0 fully saturated rings. The molecule has 5 rings (SSSR count). The van der Waals surface area contributed by atoms with Gasteiger partial charge < -0.3 is 4.84 Å². The predicted octanol–water partition coefficient (Wildman–Crippen LogP) is 5.76. The lowest BCUT2D eigenvalue weighted by atomic mass is 9.83. The minimum Gasteiger partial charge on any atom is -0.386 e. The standard InChI is InChI=1S/C25H14ClN3O/c26-17-11-9-15(10-12-17)24-23-19-6-2-1-5-18(19)22(16(13-27)14-28)20-7-3-4-8-21(20)25(23)30-29-24/h1-12,23,25H/t23-,25-/m0/s1. The predicted molar refractivity (Wildman–Crippen MR) is 115 cm³/mol. The fourth-order valence-electron chi connectivity index (χ4n) is 4.29. The Morgan fingerprint density at radius 3 is 2.10 bits per heavy atom. The molecular weight excluding hydrogens is 394 g/mol. The quantitative estimate of drug-likeness (QED) is 0.481. The van der Waals surface area contributed by atoms with Crippen molar-refractivity contribution in [1.29, 1.82) is 10.5 Å². The third-order valence-electron chi connectivity index (χ3n) is 5.58. The summed E-state index contributed by atoms with van der Waals surface area (Å²) >= 11 is 6.08. The molecule has 5 heteroatoms. The molecule has 30 heavy (non-hydrogen) atoms. The Bertz CT molecular complexity index is 1290. The van der Waals surface area contributed by atoms with Crippen molar-refractivity contribution in [1.82, 2.24) is 0 Å². The number of nitriles is 2. The molecule has 1 aliphatic heterocycles. The van der Waals surface area contributed by atoms with Crippen LogP contribution in [0.2, 0.25) is 5.02 Å². The molecule has 0 spiro atoms. The average molecular weight is 408 g/mol. The third-order valence-corrected chi connectivity index (χ3v) is 5.83. The fourth-order valence-corrected chi connectivity index (χ4v) is 4.42. The van der Waals surface area contributed by atoms with Crippen molar-refractivity contribution in [2.45, 2.75) is 12.0 Å². The van der Waals surface area contributed by atoms with Crippen molar-refractivity contribution in [2.75, 3.05) is 0 Å². The molecule has 0 bridgehead atoms. The second-order valence-electron chi connectivity index (χ2n) is 7.14. The number of hydrogen-bond donors (Lipinski definition) is 0. The van der Waals surface area contributed by atoms with Crippen molar-refractivity contribution in [3.05, 3.63) is 111 Å². The van der Waals surface area contributed by atoms with E-state index in [4.69, 9.17) is 16.4 Å². The van der Waals surface area contributed by atoms with Gasteiger partial charge in [-0.05, 0) is 28.8 Å². The maximum Gasteiger partial charge on any atom is 0.165 e. The molecule has 3 aromatic carbocycles. The monoisotopic (exact) mass is 407 g/mol. The average Bonchev–Trinajstić information content (AvgIpc) is 3.18. The number of oxime groups is 1. The summed E-state index contributed by atoms with van der Waals surface area (Å²) in [4.78, 5) is 5.98. The zero-order valence-corrected chi connectivity index (χ0v) is 16.5. The third kappa shape index (κ3) is 2.70. The van der Waals surface area contributed by atoms with Crippen molar-refractivity contribution in [3.8, 4) is 12.1 Å². The molecule has 1 heterocycles. The van der Waals surface area contributed by atoms with Crippen LogP contribution in [-0.4, -0.2) is 5.71 Å². The molecule has 0 saturated heterocycles. The van der Waals surface area contributed by atoms with Gasteiger partial charge in [0.1, 0.15) is 17.7 Å². The van der Waals surface area contributed by atoms with E-state index in [1.165, 1.54) is 0 Å². The van der Waals surface area contributed by atoms with E-state index in [0.29, 0.717) is 10.6 Å². The molecule has 1 aliphatic carbocycles.